The Hall–Kier alpha value is -1.99. The van der Waals surface area contributed by atoms with Gasteiger partial charge in [0.25, 0.3) is 5.91 Å². The SMILES string of the molecule is Cc1cccc(C(=O)N(CCCN2CCOCC2)c2nc3c(C)cc(Cl)cc3s2)c1. The number of hydrogen-bond donors (Lipinski definition) is 0. The summed E-state index contributed by atoms with van der Waals surface area (Å²) in [5.41, 5.74) is 3.70. The van der Waals surface area contributed by atoms with Gasteiger partial charge in [0.2, 0.25) is 0 Å². The van der Waals surface area contributed by atoms with Crippen LogP contribution in [0, 0.1) is 13.8 Å². The molecule has 0 atom stereocenters. The number of thiazole rings is 1. The van der Waals surface area contributed by atoms with E-state index in [2.05, 4.69) is 4.90 Å². The smallest absolute Gasteiger partial charge is 0.260 e. The van der Waals surface area contributed by atoms with Crippen molar-refractivity contribution >= 4 is 44.2 Å². The molecule has 0 spiro atoms. The molecule has 5 nitrogen and oxygen atoms in total. The molecule has 0 N–H and O–H groups in total. The van der Waals surface area contributed by atoms with E-state index in [-0.39, 0.29) is 5.91 Å². The highest BCUT2D eigenvalue weighted by atomic mass is 35.5. The van der Waals surface area contributed by atoms with Gasteiger partial charge >= 0.3 is 0 Å². The number of carbonyl (C=O) groups is 1. The minimum atomic E-state index is -0.0107. The third-order valence-electron chi connectivity index (χ3n) is 5.34. The second kappa shape index (κ2) is 9.43. The first kappa shape index (κ1) is 21.2. The third kappa shape index (κ3) is 4.83. The second-order valence-corrected chi connectivity index (χ2v) is 9.15. The summed E-state index contributed by atoms with van der Waals surface area (Å²) >= 11 is 7.76. The first-order chi connectivity index (χ1) is 14.5. The van der Waals surface area contributed by atoms with E-state index in [1.165, 1.54) is 11.3 Å². The number of carbonyl (C=O) groups excluding carboxylic acids is 1. The average Bonchev–Trinajstić information content (AvgIpc) is 3.15. The van der Waals surface area contributed by atoms with Gasteiger partial charge in [-0.15, -0.1) is 0 Å². The Labute approximate surface area is 186 Å². The van der Waals surface area contributed by atoms with Crippen LogP contribution < -0.4 is 4.90 Å². The number of aromatic nitrogens is 1. The van der Waals surface area contributed by atoms with Crippen molar-refractivity contribution in [3.8, 4) is 0 Å². The normalized spacial score (nSPS) is 14.9. The Bertz CT molecular complexity index is 1050. The van der Waals surface area contributed by atoms with Gasteiger partial charge in [0.05, 0.1) is 23.4 Å². The number of aryl methyl sites for hydroxylation is 2. The molecule has 4 rings (SSSR count). The van der Waals surface area contributed by atoms with Gasteiger partial charge in [-0.2, -0.15) is 0 Å². The predicted octanol–water partition coefficient (Wildman–Crippen LogP) is 4.94. The lowest BCUT2D eigenvalue weighted by molar-refractivity contribution is 0.0376. The summed E-state index contributed by atoms with van der Waals surface area (Å²) in [6.45, 7) is 9.03. The monoisotopic (exact) mass is 443 g/mol. The average molecular weight is 444 g/mol. The van der Waals surface area contributed by atoms with Crippen molar-refractivity contribution in [2.75, 3.05) is 44.3 Å². The molecule has 0 saturated carbocycles. The Kier molecular flexibility index (Phi) is 6.68. The zero-order chi connectivity index (χ0) is 21.1. The Morgan fingerprint density at radius 1 is 1.23 bits per heavy atom. The molecule has 2 heterocycles. The standard InChI is InChI=1S/C23H26ClN3O2S/c1-16-5-3-6-18(13-16)22(28)27(8-4-7-26-9-11-29-12-10-26)23-25-21-17(2)14-19(24)15-20(21)30-23/h3,5-6,13-15H,4,7-12H2,1-2H3. The van der Waals surface area contributed by atoms with Crippen molar-refractivity contribution in [2.24, 2.45) is 0 Å². The second-order valence-electron chi connectivity index (χ2n) is 7.70. The van der Waals surface area contributed by atoms with E-state index in [9.17, 15) is 4.79 Å². The van der Waals surface area contributed by atoms with Gasteiger partial charge < -0.3 is 4.74 Å². The number of nitrogens with zero attached hydrogens (tertiary/aromatic N) is 3. The number of morpholine rings is 1. The Balaban J connectivity index is 1.60. The number of hydrogen-bond acceptors (Lipinski definition) is 5. The zero-order valence-electron chi connectivity index (χ0n) is 17.4. The lowest BCUT2D eigenvalue weighted by Crippen LogP contribution is -2.39. The summed E-state index contributed by atoms with van der Waals surface area (Å²) in [6.07, 6.45) is 0.882. The summed E-state index contributed by atoms with van der Waals surface area (Å²) in [7, 11) is 0. The summed E-state index contributed by atoms with van der Waals surface area (Å²) in [6, 6.07) is 11.6. The minimum Gasteiger partial charge on any atom is -0.379 e. The molecule has 3 aromatic rings. The summed E-state index contributed by atoms with van der Waals surface area (Å²) in [5, 5.41) is 1.42. The number of rotatable bonds is 6. The summed E-state index contributed by atoms with van der Waals surface area (Å²) in [4.78, 5) is 22.5. The number of amides is 1. The van der Waals surface area contributed by atoms with Crippen LogP contribution in [0.5, 0.6) is 0 Å². The molecule has 1 aliphatic heterocycles. The highest BCUT2D eigenvalue weighted by Crippen LogP contribution is 2.33. The van der Waals surface area contributed by atoms with Crippen LogP contribution in [0.1, 0.15) is 27.9 Å². The molecule has 158 valence electrons. The Morgan fingerprint density at radius 2 is 2.03 bits per heavy atom. The van der Waals surface area contributed by atoms with Gasteiger partial charge in [-0.1, -0.05) is 40.6 Å². The van der Waals surface area contributed by atoms with Crippen LogP contribution in [0.25, 0.3) is 10.2 Å². The van der Waals surface area contributed by atoms with Gasteiger partial charge in [-0.05, 0) is 50.1 Å². The van der Waals surface area contributed by atoms with Crippen molar-refractivity contribution in [3.05, 3.63) is 58.1 Å². The molecule has 1 fully saturated rings. The van der Waals surface area contributed by atoms with Gasteiger partial charge in [0.15, 0.2) is 5.13 Å². The lowest BCUT2D eigenvalue weighted by atomic mass is 10.1. The van der Waals surface area contributed by atoms with E-state index in [0.717, 1.165) is 65.7 Å². The maximum atomic E-state index is 13.4. The van der Waals surface area contributed by atoms with Crippen LogP contribution in [0.2, 0.25) is 5.02 Å². The van der Waals surface area contributed by atoms with Gasteiger partial charge in [0, 0.05) is 36.8 Å². The fraction of sp³-hybridized carbons (Fsp3) is 0.391. The maximum Gasteiger partial charge on any atom is 0.260 e. The third-order valence-corrected chi connectivity index (χ3v) is 6.58. The molecule has 2 aromatic carbocycles. The largest absolute Gasteiger partial charge is 0.379 e. The van der Waals surface area contributed by atoms with Gasteiger partial charge in [-0.25, -0.2) is 4.98 Å². The highest BCUT2D eigenvalue weighted by Gasteiger charge is 2.22. The van der Waals surface area contributed by atoms with E-state index >= 15 is 0 Å². The minimum absolute atomic E-state index is 0.0107. The molecule has 1 aromatic heterocycles. The van der Waals surface area contributed by atoms with Crippen molar-refractivity contribution in [2.45, 2.75) is 20.3 Å². The van der Waals surface area contributed by atoms with Crippen LogP contribution in [0.4, 0.5) is 5.13 Å². The quantitative estimate of drug-likeness (QED) is 0.541. The van der Waals surface area contributed by atoms with E-state index in [4.69, 9.17) is 21.3 Å². The van der Waals surface area contributed by atoms with Gasteiger partial charge in [-0.3, -0.25) is 14.6 Å². The molecule has 7 heteroatoms. The van der Waals surface area contributed by atoms with Crippen LogP contribution in [0.15, 0.2) is 36.4 Å². The first-order valence-electron chi connectivity index (χ1n) is 10.3. The topological polar surface area (TPSA) is 45.7 Å². The molecule has 0 radical (unpaired) electrons. The predicted molar refractivity (Wildman–Crippen MR) is 124 cm³/mol. The first-order valence-corrected chi connectivity index (χ1v) is 11.5. The van der Waals surface area contributed by atoms with E-state index in [1.807, 2.05) is 55.1 Å². The van der Waals surface area contributed by atoms with Crippen LogP contribution in [-0.4, -0.2) is 55.2 Å². The summed E-state index contributed by atoms with van der Waals surface area (Å²) in [5.74, 6) is -0.0107. The van der Waals surface area contributed by atoms with Crippen molar-refractivity contribution in [1.29, 1.82) is 0 Å². The fourth-order valence-electron chi connectivity index (χ4n) is 3.75. The molecular formula is C23H26ClN3O2S. The van der Waals surface area contributed by atoms with Crippen molar-refractivity contribution in [1.82, 2.24) is 9.88 Å². The van der Waals surface area contributed by atoms with Crippen LogP contribution in [-0.2, 0) is 4.74 Å². The fourth-order valence-corrected chi connectivity index (χ4v) is 5.20. The number of halogens is 1. The molecular weight excluding hydrogens is 418 g/mol. The van der Waals surface area contributed by atoms with E-state index < -0.39 is 0 Å². The summed E-state index contributed by atoms with van der Waals surface area (Å²) < 4.78 is 6.44. The molecule has 0 bridgehead atoms. The molecule has 1 amide bonds. The van der Waals surface area contributed by atoms with E-state index in [0.29, 0.717) is 17.1 Å². The molecule has 1 aliphatic rings. The highest BCUT2D eigenvalue weighted by molar-refractivity contribution is 7.22. The van der Waals surface area contributed by atoms with Crippen molar-refractivity contribution < 1.29 is 9.53 Å². The molecule has 0 unspecified atom stereocenters. The van der Waals surface area contributed by atoms with Gasteiger partial charge in [0.1, 0.15) is 0 Å². The van der Waals surface area contributed by atoms with Crippen molar-refractivity contribution in [3.63, 3.8) is 0 Å². The van der Waals surface area contributed by atoms with E-state index in [1.54, 1.807) is 0 Å². The maximum absolute atomic E-state index is 13.4. The number of fused-ring (bicyclic) bond motifs is 1. The van der Waals surface area contributed by atoms with Crippen LogP contribution in [0.3, 0.4) is 0 Å². The lowest BCUT2D eigenvalue weighted by Gasteiger charge is -2.27. The number of anilines is 1. The Morgan fingerprint density at radius 3 is 2.80 bits per heavy atom. The molecule has 30 heavy (non-hydrogen) atoms. The number of ether oxygens (including phenoxy) is 1. The molecule has 1 saturated heterocycles. The van der Waals surface area contributed by atoms with Crippen LogP contribution >= 0.6 is 22.9 Å². The molecule has 0 aliphatic carbocycles. The number of benzene rings is 2. The zero-order valence-corrected chi connectivity index (χ0v) is 18.9.